The minimum Gasteiger partial charge on any atom is -0.311 e. The van der Waals surface area contributed by atoms with Gasteiger partial charge in [-0.25, -0.2) is 0 Å². The Balaban J connectivity index is 2.17. The third-order valence-corrected chi connectivity index (χ3v) is 2.89. The molecule has 0 saturated carbocycles. The minimum absolute atomic E-state index is 0.124. The molecule has 2 N–H and O–H groups in total. The minimum atomic E-state index is 0.124. The molecule has 1 aromatic heterocycles. The summed E-state index contributed by atoms with van der Waals surface area (Å²) in [4.78, 5) is 0. The zero-order valence-corrected chi connectivity index (χ0v) is 9.70. The number of hydrogen-bond donors (Lipinski definition) is 2. The number of nitrogens with one attached hydrogen (secondary N) is 2. The van der Waals surface area contributed by atoms with Crippen molar-refractivity contribution in [3.63, 3.8) is 0 Å². The fourth-order valence-electron chi connectivity index (χ4n) is 1.62. The van der Waals surface area contributed by atoms with E-state index in [9.17, 15) is 0 Å². The van der Waals surface area contributed by atoms with E-state index in [2.05, 4.69) is 20.7 Å². The van der Waals surface area contributed by atoms with Crippen molar-refractivity contribution in [2.75, 3.05) is 7.05 Å². The molecule has 0 bridgehead atoms. The average molecular weight is 237 g/mol. The molecule has 84 valence electrons. The van der Waals surface area contributed by atoms with Crippen LogP contribution in [-0.2, 0) is 6.42 Å². The van der Waals surface area contributed by atoms with Crippen molar-refractivity contribution in [2.24, 2.45) is 0 Å². The number of nitrogens with zero attached hydrogens (tertiary/aromatic N) is 2. The number of aromatic amines is 1. The highest BCUT2D eigenvalue weighted by Gasteiger charge is 2.13. The third kappa shape index (κ3) is 2.40. The summed E-state index contributed by atoms with van der Waals surface area (Å²) in [7, 11) is 1.90. The van der Waals surface area contributed by atoms with Crippen molar-refractivity contribution < 1.29 is 0 Å². The van der Waals surface area contributed by atoms with Crippen LogP contribution < -0.4 is 5.32 Å². The molecule has 0 saturated heterocycles. The largest absolute Gasteiger partial charge is 0.311 e. The molecule has 0 aliphatic heterocycles. The van der Waals surface area contributed by atoms with Crippen molar-refractivity contribution in [2.45, 2.75) is 12.5 Å². The highest BCUT2D eigenvalue weighted by Crippen LogP contribution is 2.21. The van der Waals surface area contributed by atoms with Crippen LogP contribution in [0.4, 0.5) is 0 Å². The molecule has 0 aliphatic carbocycles. The lowest BCUT2D eigenvalue weighted by atomic mass is 10.0. The van der Waals surface area contributed by atoms with Crippen LogP contribution in [0.1, 0.15) is 17.3 Å². The molecule has 0 spiro atoms. The molecule has 0 amide bonds. The molecular formula is C11H13ClN4. The molecule has 1 aromatic carbocycles. The Bertz CT molecular complexity index is 441. The van der Waals surface area contributed by atoms with Gasteiger partial charge in [-0.2, -0.15) is 15.4 Å². The quantitative estimate of drug-likeness (QED) is 0.853. The summed E-state index contributed by atoms with van der Waals surface area (Å²) in [6.45, 7) is 0. The predicted molar refractivity (Wildman–Crippen MR) is 63.3 cm³/mol. The van der Waals surface area contributed by atoms with E-state index in [1.54, 1.807) is 6.20 Å². The lowest BCUT2D eigenvalue weighted by molar-refractivity contribution is 0.574. The van der Waals surface area contributed by atoms with E-state index in [-0.39, 0.29) is 6.04 Å². The number of H-pyrrole nitrogens is 1. The normalized spacial score (nSPS) is 12.6. The second kappa shape index (κ2) is 5.09. The zero-order chi connectivity index (χ0) is 11.4. The molecule has 5 heteroatoms. The summed E-state index contributed by atoms with van der Waals surface area (Å²) in [6, 6.07) is 7.95. The fourth-order valence-corrected chi connectivity index (χ4v) is 1.83. The van der Waals surface area contributed by atoms with Crippen LogP contribution >= 0.6 is 11.6 Å². The Morgan fingerprint density at radius 1 is 1.44 bits per heavy atom. The molecule has 1 atom stereocenters. The van der Waals surface area contributed by atoms with E-state index >= 15 is 0 Å². The number of halogens is 1. The lowest BCUT2D eigenvalue weighted by Crippen LogP contribution is -2.19. The van der Waals surface area contributed by atoms with Gasteiger partial charge >= 0.3 is 0 Å². The van der Waals surface area contributed by atoms with Crippen LogP contribution in [0.3, 0.4) is 0 Å². The Morgan fingerprint density at radius 3 is 2.88 bits per heavy atom. The standard InChI is InChI=1S/C11H13ClN4/c1-13-10(11-7-14-16-15-11)6-8-4-2-3-5-9(8)12/h2-5,7,10,13H,6H2,1H3,(H,14,15,16). The van der Waals surface area contributed by atoms with Crippen LogP contribution in [0.15, 0.2) is 30.5 Å². The van der Waals surface area contributed by atoms with Crippen molar-refractivity contribution in [1.29, 1.82) is 0 Å². The first kappa shape index (κ1) is 11.1. The van der Waals surface area contributed by atoms with Crippen molar-refractivity contribution in [3.05, 3.63) is 46.7 Å². The predicted octanol–water partition coefficient (Wildman–Crippen LogP) is 1.96. The topological polar surface area (TPSA) is 53.6 Å². The van der Waals surface area contributed by atoms with Crippen LogP contribution in [-0.4, -0.2) is 22.5 Å². The summed E-state index contributed by atoms with van der Waals surface area (Å²) in [5, 5.41) is 14.5. The van der Waals surface area contributed by atoms with Crippen LogP contribution in [0, 0.1) is 0 Å². The summed E-state index contributed by atoms with van der Waals surface area (Å²) in [5.74, 6) is 0. The third-order valence-electron chi connectivity index (χ3n) is 2.52. The smallest absolute Gasteiger partial charge is 0.0997 e. The second-order valence-corrected chi connectivity index (χ2v) is 3.94. The summed E-state index contributed by atoms with van der Waals surface area (Å²) in [5.41, 5.74) is 1.99. The van der Waals surface area contributed by atoms with E-state index in [1.807, 2.05) is 31.3 Å². The van der Waals surface area contributed by atoms with E-state index in [0.29, 0.717) is 0 Å². The van der Waals surface area contributed by atoms with Crippen molar-refractivity contribution in [1.82, 2.24) is 20.7 Å². The maximum Gasteiger partial charge on any atom is 0.0997 e. The number of rotatable bonds is 4. The summed E-state index contributed by atoms with van der Waals surface area (Å²) >= 11 is 6.12. The van der Waals surface area contributed by atoms with Gasteiger partial charge in [0.2, 0.25) is 0 Å². The molecule has 16 heavy (non-hydrogen) atoms. The van der Waals surface area contributed by atoms with Gasteiger partial charge in [0, 0.05) is 5.02 Å². The highest BCUT2D eigenvalue weighted by atomic mass is 35.5. The molecule has 0 radical (unpaired) electrons. The van der Waals surface area contributed by atoms with Crippen molar-refractivity contribution >= 4 is 11.6 Å². The number of aromatic nitrogens is 3. The van der Waals surface area contributed by atoms with E-state index < -0.39 is 0 Å². The van der Waals surface area contributed by atoms with Gasteiger partial charge < -0.3 is 5.32 Å². The first-order valence-corrected chi connectivity index (χ1v) is 5.45. The highest BCUT2D eigenvalue weighted by molar-refractivity contribution is 6.31. The van der Waals surface area contributed by atoms with Gasteiger partial charge in [0.15, 0.2) is 0 Å². The van der Waals surface area contributed by atoms with Crippen LogP contribution in [0.2, 0.25) is 5.02 Å². The van der Waals surface area contributed by atoms with Crippen molar-refractivity contribution in [3.8, 4) is 0 Å². The van der Waals surface area contributed by atoms with Gasteiger partial charge in [-0.1, -0.05) is 29.8 Å². The van der Waals surface area contributed by atoms with Gasteiger partial charge in [0.1, 0.15) is 0 Å². The van der Waals surface area contributed by atoms with Gasteiger partial charge in [-0.3, -0.25) is 0 Å². The molecule has 2 rings (SSSR count). The zero-order valence-electron chi connectivity index (χ0n) is 8.94. The lowest BCUT2D eigenvalue weighted by Gasteiger charge is -2.13. The van der Waals surface area contributed by atoms with E-state index in [1.165, 1.54) is 0 Å². The van der Waals surface area contributed by atoms with Gasteiger partial charge in [0.05, 0.1) is 17.9 Å². The number of likely N-dealkylation sites (N-methyl/N-ethyl adjacent to an activating group) is 1. The summed E-state index contributed by atoms with van der Waals surface area (Å²) < 4.78 is 0. The Hall–Kier alpha value is -1.39. The Morgan fingerprint density at radius 2 is 2.25 bits per heavy atom. The summed E-state index contributed by atoms with van der Waals surface area (Å²) in [6.07, 6.45) is 2.51. The Labute approximate surface area is 99.0 Å². The monoisotopic (exact) mass is 236 g/mol. The molecule has 0 fully saturated rings. The van der Waals surface area contributed by atoms with E-state index in [4.69, 9.17) is 11.6 Å². The molecular weight excluding hydrogens is 224 g/mol. The Kier molecular flexibility index (Phi) is 3.54. The van der Waals surface area contributed by atoms with Gasteiger partial charge in [-0.15, -0.1) is 0 Å². The number of hydrogen-bond acceptors (Lipinski definition) is 3. The van der Waals surface area contributed by atoms with Crippen LogP contribution in [0.5, 0.6) is 0 Å². The molecule has 1 heterocycles. The molecule has 4 nitrogen and oxygen atoms in total. The maximum absolute atomic E-state index is 6.12. The van der Waals surface area contributed by atoms with Gasteiger partial charge in [0.25, 0.3) is 0 Å². The van der Waals surface area contributed by atoms with E-state index in [0.717, 1.165) is 22.7 Å². The molecule has 0 aliphatic rings. The van der Waals surface area contributed by atoms with Crippen LogP contribution in [0.25, 0.3) is 0 Å². The average Bonchev–Trinajstić information content (AvgIpc) is 2.81. The molecule has 1 unspecified atom stereocenters. The maximum atomic E-state index is 6.12. The first-order valence-electron chi connectivity index (χ1n) is 5.07. The molecule has 2 aromatic rings. The first-order chi connectivity index (χ1) is 7.81. The number of benzene rings is 1. The van der Waals surface area contributed by atoms with Gasteiger partial charge in [-0.05, 0) is 25.1 Å². The fraction of sp³-hybridized carbons (Fsp3) is 0.273. The SMILES string of the molecule is CNC(Cc1ccccc1Cl)c1cn[nH]n1. The second-order valence-electron chi connectivity index (χ2n) is 3.53.